The topological polar surface area (TPSA) is 42.3 Å². The molecule has 1 heterocycles. The first-order valence-corrected chi connectivity index (χ1v) is 4.92. The molecule has 82 valence electrons. The van der Waals surface area contributed by atoms with Crippen molar-refractivity contribution in [3.8, 4) is 0 Å². The van der Waals surface area contributed by atoms with Gasteiger partial charge >= 0.3 is 6.03 Å². The molecule has 4 nitrogen and oxygen atoms in total. The Bertz CT molecular complexity index is 555. The van der Waals surface area contributed by atoms with Gasteiger partial charge in [0.25, 0.3) is 0 Å². The number of hydrogen-bond acceptors (Lipinski definition) is 2. The lowest BCUT2D eigenvalue weighted by Crippen LogP contribution is -2.28. The molecule has 0 fully saturated rings. The number of rotatable bonds is 1. The summed E-state index contributed by atoms with van der Waals surface area (Å²) >= 11 is 0. The van der Waals surface area contributed by atoms with E-state index in [2.05, 4.69) is 0 Å². The van der Waals surface area contributed by atoms with Gasteiger partial charge in [0.2, 0.25) is 0 Å². The molecule has 1 amide bonds. The molecule has 1 aromatic carbocycles. The van der Waals surface area contributed by atoms with Gasteiger partial charge in [-0.2, -0.15) is 0 Å². The average Bonchev–Trinajstić information content (AvgIpc) is 2.66. The number of benzene rings is 1. The minimum absolute atomic E-state index is 0.219. The van der Waals surface area contributed by atoms with Crippen LogP contribution < -0.4 is 0 Å². The van der Waals surface area contributed by atoms with Crippen molar-refractivity contribution in [3.63, 3.8) is 0 Å². The predicted octanol–water partition coefficient (Wildman–Crippen LogP) is 1.98. The second-order valence-corrected chi connectivity index (χ2v) is 3.76. The molecule has 0 radical (unpaired) electrons. The monoisotopic (exact) mass is 216 g/mol. The molecule has 0 atom stereocenters. The third-order valence-electron chi connectivity index (χ3n) is 2.43. The van der Waals surface area contributed by atoms with E-state index in [4.69, 9.17) is 0 Å². The number of nitrogens with zero attached hydrogens (tertiary/aromatic N) is 2. The maximum Gasteiger partial charge on any atom is 0.328 e. The number of amides is 1. The van der Waals surface area contributed by atoms with Crippen molar-refractivity contribution in [2.45, 2.75) is 0 Å². The number of carbonyl (C=O) groups excluding carboxylic acids is 2. The van der Waals surface area contributed by atoms with Crippen LogP contribution in [0.15, 0.2) is 30.3 Å². The van der Waals surface area contributed by atoms with Gasteiger partial charge in [-0.25, -0.2) is 4.79 Å². The summed E-state index contributed by atoms with van der Waals surface area (Å²) in [5.74, 6) is 0. The average molecular weight is 216 g/mol. The normalized spacial score (nSPS) is 10.4. The summed E-state index contributed by atoms with van der Waals surface area (Å²) in [6.07, 6.45) is 0.696. The summed E-state index contributed by atoms with van der Waals surface area (Å²) in [5, 5.41) is 0.889. The van der Waals surface area contributed by atoms with Crippen LogP contribution in [0.5, 0.6) is 0 Å². The number of aromatic nitrogens is 1. The van der Waals surface area contributed by atoms with Crippen LogP contribution in [0.3, 0.4) is 0 Å². The van der Waals surface area contributed by atoms with Gasteiger partial charge in [0.1, 0.15) is 0 Å². The van der Waals surface area contributed by atoms with Crippen LogP contribution in [0, 0.1) is 0 Å². The van der Waals surface area contributed by atoms with E-state index in [0.717, 1.165) is 10.9 Å². The lowest BCUT2D eigenvalue weighted by atomic mass is 10.2. The van der Waals surface area contributed by atoms with E-state index in [0.29, 0.717) is 12.0 Å². The smallest absolute Gasteiger partial charge is 0.328 e. The Hall–Kier alpha value is -2.10. The van der Waals surface area contributed by atoms with E-state index in [1.54, 1.807) is 20.2 Å². The maximum absolute atomic E-state index is 11.9. The van der Waals surface area contributed by atoms with Crippen LogP contribution in [0.4, 0.5) is 4.79 Å². The molecular formula is C12H12N2O2. The fourth-order valence-corrected chi connectivity index (χ4v) is 1.68. The molecule has 0 aliphatic heterocycles. The summed E-state index contributed by atoms with van der Waals surface area (Å²) in [4.78, 5) is 24.3. The molecule has 0 spiro atoms. The van der Waals surface area contributed by atoms with E-state index in [-0.39, 0.29) is 6.03 Å². The SMILES string of the molecule is CN(C)C(=O)n1c(C=O)cc2ccccc21. The molecule has 4 heteroatoms. The maximum atomic E-state index is 11.9. The highest BCUT2D eigenvalue weighted by molar-refractivity contribution is 5.98. The fourth-order valence-electron chi connectivity index (χ4n) is 1.68. The van der Waals surface area contributed by atoms with Gasteiger partial charge in [-0.15, -0.1) is 0 Å². The van der Waals surface area contributed by atoms with E-state index in [9.17, 15) is 9.59 Å². The lowest BCUT2D eigenvalue weighted by Gasteiger charge is -2.12. The number of aldehydes is 1. The van der Waals surface area contributed by atoms with Crippen molar-refractivity contribution in [2.75, 3.05) is 14.1 Å². The fraction of sp³-hybridized carbons (Fsp3) is 0.167. The Kier molecular flexibility index (Phi) is 2.48. The van der Waals surface area contributed by atoms with Gasteiger partial charge in [0.05, 0.1) is 11.2 Å². The number of carbonyl (C=O) groups is 2. The zero-order chi connectivity index (χ0) is 11.7. The van der Waals surface area contributed by atoms with E-state index in [1.165, 1.54) is 9.47 Å². The molecule has 0 saturated carbocycles. The largest absolute Gasteiger partial charge is 0.330 e. The third kappa shape index (κ3) is 1.48. The zero-order valence-corrected chi connectivity index (χ0v) is 9.18. The van der Waals surface area contributed by atoms with Crippen molar-refractivity contribution in [1.82, 2.24) is 9.47 Å². The van der Waals surface area contributed by atoms with E-state index in [1.807, 2.05) is 24.3 Å². The van der Waals surface area contributed by atoms with Gasteiger partial charge in [-0.1, -0.05) is 18.2 Å². The molecule has 1 aromatic heterocycles. The first-order chi connectivity index (χ1) is 7.65. The molecule has 0 bridgehead atoms. The summed E-state index contributed by atoms with van der Waals surface area (Å²) in [5.41, 5.74) is 1.13. The minimum atomic E-state index is -0.219. The summed E-state index contributed by atoms with van der Waals surface area (Å²) in [7, 11) is 3.32. The molecule has 0 unspecified atom stereocenters. The van der Waals surface area contributed by atoms with Crippen molar-refractivity contribution in [1.29, 1.82) is 0 Å². The summed E-state index contributed by atoms with van der Waals surface area (Å²) < 4.78 is 1.42. The second-order valence-electron chi connectivity index (χ2n) is 3.76. The van der Waals surface area contributed by atoms with Crippen LogP contribution in [0.25, 0.3) is 10.9 Å². The van der Waals surface area contributed by atoms with Gasteiger partial charge < -0.3 is 4.90 Å². The molecule has 0 N–H and O–H groups in total. The van der Waals surface area contributed by atoms with Gasteiger partial charge in [0, 0.05) is 19.5 Å². The Morgan fingerprint density at radius 2 is 2.00 bits per heavy atom. The standard InChI is InChI=1S/C12H12N2O2/c1-13(2)12(16)14-10(8-15)7-9-5-3-4-6-11(9)14/h3-8H,1-2H3. The molecule has 0 aliphatic carbocycles. The van der Waals surface area contributed by atoms with Crippen LogP contribution in [-0.2, 0) is 0 Å². The lowest BCUT2D eigenvalue weighted by molar-refractivity contribution is 0.111. The minimum Gasteiger partial charge on any atom is -0.330 e. The van der Waals surface area contributed by atoms with Crippen molar-refractivity contribution < 1.29 is 9.59 Å². The molecule has 16 heavy (non-hydrogen) atoms. The van der Waals surface area contributed by atoms with E-state index >= 15 is 0 Å². The number of para-hydroxylation sites is 1. The van der Waals surface area contributed by atoms with Crippen LogP contribution in [-0.4, -0.2) is 35.9 Å². The first-order valence-electron chi connectivity index (χ1n) is 4.92. The number of hydrogen-bond donors (Lipinski definition) is 0. The molecule has 2 rings (SSSR count). The summed E-state index contributed by atoms with van der Waals surface area (Å²) in [6, 6.07) is 8.91. The second kappa shape index (κ2) is 3.81. The molecule has 2 aromatic rings. The van der Waals surface area contributed by atoms with Gasteiger partial charge in [0.15, 0.2) is 6.29 Å². The van der Waals surface area contributed by atoms with Crippen molar-refractivity contribution in [3.05, 3.63) is 36.0 Å². The van der Waals surface area contributed by atoms with Crippen LogP contribution in [0.2, 0.25) is 0 Å². The zero-order valence-electron chi connectivity index (χ0n) is 9.18. The third-order valence-corrected chi connectivity index (χ3v) is 2.43. The Labute approximate surface area is 93.1 Å². The highest BCUT2D eigenvalue weighted by atomic mass is 16.2. The first kappa shape index (κ1) is 10.4. The van der Waals surface area contributed by atoms with E-state index < -0.39 is 0 Å². The van der Waals surface area contributed by atoms with Gasteiger partial charge in [-0.3, -0.25) is 9.36 Å². The molecule has 0 aliphatic rings. The van der Waals surface area contributed by atoms with Crippen molar-refractivity contribution >= 4 is 23.2 Å². The predicted molar refractivity (Wildman–Crippen MR) is 61.8 cm³/mol. The Morgan fingerprint density at radius 1 is 1.31 bits per heavy atom. The Morgan fingerprint density at radius 3 is 2.62 bits per heavy atom. The molecular weight excluding hydrogens is 204 g/mol. The number of fused-ring (bicyclic) bond motifs is 1. The van der Waals surface area contributed by atoms with Crippen LogP contribution >= 0.6 is 0 Å². The Balaban J connectivity index is 2.74. The highest BCUT2D eigenvalue weighted by Crippen LogP contribution is 2.19. The van der Waals surface area contributed by atoms with Crippen LogP contribution in [0.1, 0.15) is 10.5 Å². The summed E-state index contributed by atoms with van der Waals surface area (Å²) in [6.45, 7) is 0. The van der Waals surface area contributed by atoms with Crippen molar-refractivity contribution in [2.24, 2.45) is 0 Å². The molecule has 0 saturated heterocycles. The quantitative estimate of drug-likeness (QED) is 0.684. The van der Waals surface area contributed by atoms with Gasteiger partial charge in [-0.05, 0) is 12.1 Å². The highest BCUT2D eigenvalue weighted by Gasteiger charge is 2.15.